The number of thioether (sulfide) groups is 1. The Bertz CT molecular complexity index is 677. The van der Waals surface area contributed by atoms with Crippen LogP contribution < -0.4 is 4.74 Å². The van der Waals surface area contributed by atoms with Gasteiger partial charge in [-0.3, -0.25) is 4.99 Å². The normalized spacial score (nSPS) is 17.2. The first-order valence-corrected chi connectivity index (χ1v) is 9.63. The van der Waals surface area contributed by atoms with Crippen molar-refractivity contribution in [2.75, 3.05) is 45.4 Å². The van der Waals surface area contributed by atoms with Crippen molar-refractivity contribution in [3.63, 3.8) is 0 Å². The standard InChI is InChI=1S/C18H25NO7S.Mg.2H2O/c1-18(17(22)23)12-27-16(19-18)14-4-3-13(11-15(14)21)26-10-9-25-8-7-24-6-2-5-20;;;/h3-4,11,20-21H,2,5-10,12H2,1H3,(H,22,23);;2*1H2/q;+2;;/p-2/t18-;;;/m1.../s1. The summed E-state index contributed by atoms with van der Waals surface area (Å²) in [7, 11) is 0. The van der Waals surface area contributed by atoms with E-state index in [0.717, 1.165) is 0 Å². The summed E-state index contributed by atoms with van der Waals surface area (Å²) in [5.74, 6) is -0.172. The molecule has 30 heavy (non-hydrogen) atoms. The second kappa shape index (κ2) is 15.6. The smallest absolute Gasteiger partial charge is 0.870 e. The molecule has 2 rings (SSSR count). The van der Waals surface area contributed by atoms with E-state index in [1.54, 1.807) is 19.1 Å². The molecule has 0 saturated carbocycles. The monoisotopic (exact) mass is 457 g/mol. The van der Waals surface area contributed by atoms with Crippen LogP contribution >= 0.6 is 11.8 Å². The van der Waals surface area contributed by atoms with Crippen molar-refractivity contribution in [2.45, 2.75) is 18.9 Å². The fourth-order valence-corrected chi connectivity index (χ4v) is 3.43. The molecule has 5 N–H and O–H groups in total. The molecule has 12 heteroatoms. The summed E-state index contributed by atoms with van der Waals surface area (Å²) >= 11 is 1.31. The van der Waals surface area contributed by atoms with Crippen molar-refractivity contribution in [2.24, 2.45) is 4.99 Å². The van der Waals surface area contributed by atoms with Crippen LogP contribution in [0.3, 0.4) is 0 Å². The number of aromatic hydroxyl groups is 1. The van der Waals surface area contributed by atoms with E-state index in [9.17, 15) is 15.0 Å². The Hall–Kier alpha value is -1.12. The van der Waals surface area contributed by atoms with E-state index >= 15 is 0 Å². The van der Waals surface area contributed by atoms with Crippen LogP contribution in [-0.4, -0.2) is 111 Å². The predicted octanol–water partition coefficient (Wildman–Crippen LogP) is 0.789. The first kappa shape index (κ1) is 31.1. The maximum absolute atomic E-state index is 11.3. The van der Waals surface area contributed by atoms with Gasteiger partial charge in [0, 0.05) is 30.6 Å². The number of ether oxygens (including phenoxy) is 3. The SMILES string of the molecule is C[C@]1(C(=O)O)CSC(c2ccc(OCCOCCOCCCO)cc2O)=N1.[Mg+2].[OH-].[OH-]. The van der Waals surface area contributed by atoms with Crippen molar-refractivity contribution in [1.82, 2.24) is 0 Å². The summed E-state index contributed by atoms with van der Waals surface area (Å²) in [4.78, 5) is 15.5. The molecule has 1 aliphatic rings. The molecule has 0 saturated heterocycles. The fourth-order valence-electron chi connectivity index (χ4n) is 2.23. The quantitative estimate of drug-likeness (QED) is 0.300. The van der Waals surface area contributed by atoms with Gasteiger partial charge in [0.1, 0.15) is 23.1 Å². The summed E-state index contributed by atoms with van der Waals surface area (Å²) in [6.07, 6.45) is 0.614. The van der Waals surface area contributed by atoms with Crippen molar-refractivity contribution < 1.29 is 45.3 Å². The van der Waals surface area contributed by atoms with Gasteiger partial charge < -0.3 is 40.5 Å². The summed E-state index contributed by atoms with van der Waals surface area (Å²) in [5, 5.41) is 28.6. The van der Waals surface area contributed by atoms with E-state index in [-0.39, 0.29) is 46.4 Å². The minimum absolute atomic E-state index is 0. The fraction of sp³-hybridized carbons (Fsp3) is 0.556. The van der Waals surface area contributed by atoms with Gasteiger partial charge in [-0.2, -0.15) is 0 Å². The molecule has 0 fully saturated rings. The third-order valence-corrected chi connectivity index (χ3v) is 5.10. The number of phenolic OH excluding ortho intramolecular Hbond substituents is 1. The van der Waals surface area contributed by atoms with Crippen molar-refractivity contribution >= 4 is 45.8 Å². The molecule has 1 aromatic carbocycles. The number of hydrogen-bond donors (Lipinski definition) is 3. The van der Waals surface area contributed by atoms with E-state index in [1.807, 2.05) is 0 Å². The Labute approximate surface area is 195 Å². The molecular formula is C18H27MgNO9S. The number of nitrogens with zero attached hydrogens (tertiary/aromatic N) is 1. The first-order chi connectivity index (χ1) is 13.0. The Kier molecular flexibility index (Phi) is 16.2. The number of aliphatic imine (C=N–C) groups is 1. The summed E-state index contributed by atoms with van der Waals surface area (Å²) in [6, 6.07) is 4.85. The molecule has 166 valence electrons. The van der Waals surface area contributed by atoms with Crippen molar-refractivity contribution in [1.29, 1.82) is 0 Å². The van der Waals surface area contributed by atoms with Gasteiger partial charge >= 0.3 is 29.0 Å². The molecular weight excluding hydrogens is 431 g/mol. The van der Waals surface area contributed by atoms with Gasteiger partial charge in [-0.1, -0.05) is 0 Å². The molecule has 0 aromatic heterocycles. The number of carbonyl (C=O) groups is 1. The van der Waals surface area contributed by atoms with E-state index in [0.29, 0.717) is 61.6 Å². The summed E-state index contributed by atoms with van der Waals surface area (Å²) in [6.45, 7) is 3.79. The molecule has 1 aliphatic heterocycles. The van der Waals surface area contributed by atoms with Crippen LogP contribution in [-0.2, 0) is 14.3 Å². The van der Waals surface area contributed by atoms with Gasteiger partial charge in [0.25, 0.3) is 0 Å². The molecule has 0 unspecified atom stereocenters. The van der Waals surface area contributed by atoms with E-state index in [1.165, 1.54) is 17.8 Å². The Morgan fingerprint density at radius 2 is 1.80 bits per heavy atom. The second-order valence-corrected chi connectivity index (χ2v) is 7.08. The number of benzene rings is 1. The maximum atomic E-state index is 11.3. The molecule has 1 aromatic rings. The Morgan fingerprint density at radius 3 is 2.37 bits per heavy atom. The van der Waals surface area contributed by atoms with E-state index in [4.69, 9.17) is 19.3 Å². The average molecular weight is 458 g/mol. The van der Waals surface area contributed by atoms with Gasteiger partial charge in [0.05, 0.1) is 19.8 Å². The zero-order valence-corrected chi connectivity index (χ0v) is 19.1. The molecule has 1 heterocycles. The molecule has 1 atom stereocenters. The second-order valence-electron chi connectivity index (χ2n) is 6.11. The van der Waals surface area contributed by atoms with Crippen molar-refractivity contribution in [3.05, 3.63) is 23.8 Å². The molecule has 0 bridgehead atoms. The molecule has 0 amide bonds. The zero-order valence-electron chi connectivity index (χ0n) is 16.8. The molecule has 0 radical (unpaired) electrons. The Morgan fingerprint density at radius 1 is 1.17 bits per heavy atom. The number of hydrogen-bond acceptors (Lipinski definition) is 10. The van der Waals surface area contributed by atoms with Crippen molar-refractivity contribution in [3.8, 4) is 11.5 Å². The number of aliphatic hydroxyl groups excluding tert-OH is 1. The van der Waals surface area contributed by atoms with Gasteiger partial charge in [-0.15, -0.1) is 11.8 Å². The van der Waals surface area contributed by atoms with Crippen LogP contribution in [0.5, 0.6) is 11.5 Å². The van der Waals surface area contributed by atoms with Gasteiger partial charge in [-0.05, 0) is 25.5 Å². The summed E-state index contributed by atoms with van der Waals surface area (Å²) in [5.41, 5.74) is -0.672. The van der Waals surface area contributed by atoms with Crippen LogP contribution in [0.4, 0.5) is 0 Å². The van der Waals surface area contributed by atoms with Crippen LogP contribution in [0.2, 0.25) is 0 Å². The van der Waals surface area contributed by atoms with Crippen LogP contribution in [0.15, 0.2) is 23.2 Å². The van der Waals surface area contributed by atoms with Crippen LogP contribution in [0, 0.1) is 0 Å². The largest absolute Gasteiger partial charge is 2.00 e. The minimum Gasteiger partial charge on any atom is -0.870 e. The number of rotatable bonds is 12. The maximum Gasteiger partial charge on any atom is 2.00 e. The molecule has 10 nitrogen and oxygen atoms in total. The number of aliphatic hydroxyl groups is 1. The van der Waals surface area contributed by atoms with E-state index < -0.39 is 11.5 Å². The van der Waals surface area contributed by atoms with Crippen LogP contribution in [0.1, 0.15) is 18.9 Å². The van der Waals surface area contributed by atoms with Gasteiger partial charge in [-0.25, -0.2) is 4.79 Å². The predicted molar refractivity (Wildman–Crippen MR) is 112 cm³/mol. The van der Waals surface area contributed by atoms with Gasteiger partial charge in [0.2, 0.25) is 0 Å². The number of carboxylic acids is 1. The summed E-state index contributed by atoms with van der Waals surface area (Å²) < 4.78 is 16.1. The minimum atomic E-state index is -1.17. The van der Waals surface area contributed by atoms with Gasteiger partial charge in [0.15, 0.2) is 5.54 Å². The number of aliphatic carboxylic acids is 1. The topological polar surface area (TPSA) is 178 Å². The molecule has 0 spiro atoms. The zero-order chi connectivity index (χ0) is 19.7. The third-order valence-electron chi connectivity index (χ3n) is 3.81. The first-order valence-electron chi connectivity index (χ1n) is 8.65. The molecule has 0 aliphatic carbocycles. The van der Waals surface area contributed by atoms with E-state index in [2.05, 4.69) is 4.99 Å². The third kappa shape index (κ3) is 9.35. The van der Waals surface area contributed by atoms with Crippen LogP contribution in [0.25, 0.3) is 0 Å². The Balaban J connectivity index is 0. The number of phenols is 1. The average Bonchev–Trinajstić information content (AvgIpc) is 3.04. The number of carboxylic acid groups (broad SMARTS) is 1.